The van der Waals surface area contributed by atoms with Crippen molar-refractivity contribution in [3.63, 3.8) is 0 Å². The smallest absolute Gasteiger partial charge is 0.408 e. The summed E-state index contributed by atoms with van der Waals surface area (Å²) in [7, 11) is 1.04. The number of hydrogen-bond acceptors (Lipinski definition) is 8. The second-order valence-electron chi connectivity index (χ2n) is 16.8. The van der Waals surface area contributed by atoms with Crippen LogP contribution >= 0.6 is 39.1 Å². The van der Waals surface area contributed by atoms with E-state index in [0.717, 1.165) is 40.4 Å². The van der Waals surface area contributed by atoms with E-state index in [1.54, 1.807) is 27.9 Å². The zero-order valence-corrected chi connectivity index (χ0v) is 43.4. The maximum absolute atomic E-state index is 15.0. The molecule has 4 N–H and O–H groups in total. The molecule has 12 nitrogen and oxygen atoms in total. The first-order chi connectivity index (χ1) is 31.3. The number of amides is 4. The molecule has 0 aromatic heterocycles. The van der Waals surface area contributed by atoms with Crippen molar-refractivity contribution in [2.75, 3.05) is 26.1 Å². The molecule has 0 spiro atoms. The largest absolute Gasteiger partial charge is 0.496 e. The second-order valence-corrected chi connectivity index (χ2v) is 23.4. The minimum absolute atomic E-state index is 0.00903. The standard InChI is InChI=1S/C50H61BrCl2N4O8Si/c1-11-66(12-2,13-3)23-17-20-41(56-49(61)65-50(6,7)8)47(59)57-45(36-25-39(52)46(63-10)40(53)26-36)48(60)55-43(30-64-29-33-18-15-14-16-19-33)35-24-37(31(4)44(28-35)62-9)34-21-22-38(51)42(27-34)54-32(5)58/h14-16,18-19,21-22,24-28,41,43,45H,11-13,20,29-30H2,1-10H3,(H,54,58)(H,55,60)(H,56,61)(H,57,59)/t41-,43+,45-/m1/s1. The molecule has 4 aromatic carbocycles. The molecule has 4 rings (SSSR count). The van der Waals surface area contributed by atoms with Gasteiger partial charge in [0.15, 0.2) is 5.75 Å². The van der Waals surface area contributed by atoms with Crippen LogP contribution in [0.2, 0.25) is 28.2 Å². The van der Waals surface area contributed by atoms with Crippen molar-refractivity contribution in [1.29, 1.82) is 0 Å². The highest BCUT2D eigenvalue weighted by Gasteiger charge is 2.33. The number of halogens is 3. The van der Waals surface area contributed by atoms with Crippen LogP contribution in [-0.2, 0) is 30.5 Å². The molecule has 0 unspecified atom stereocenters. The van der Waals surface area contributed by atoms with Crippen LogP contribution in [0.1, 0.15) is 89.2 Å². The number of carbonyl (C=O) groups excluding carboxylic acids is 4. The molecule has 354 valence electrons. The molecule has 66 heavy (non-hydrogen) atoms. The van der Waals surface area contributed by atoms with E-state index < -0.39 is 49.7 Å². The Balaban J connectivity index is 1.85. The molecule has 0 saturated carbocycles. The van der Waals surface area contributed by atoms with Gasteiger partial charge >= 0.3 is 6.09 Å². The zero-order chi connectivity index (χ0) is 48.8. The van der Waals surface area contributed by atoms with Crippen LogP contribution in [0.5, 0.6) is 11.5 Å². The van der Waals surface area contributed by atoms with E-state index in [-0.39, 0.29) is 46.9 Å². The number of carbonyl (C=O) groups is 4. The summed E-state index contributed by atoms with van der Waals surface area (Å²) in [6.45, 7) is 15.1. The molecule has 4 amide bonds. The highest BCUT2D eigenvalue weighted by Crippen LogP contribution is 2.38. The summed E-state index contributed by atoms with van der Waals surface area (Å²) in [6.07, 6.45) is -0.861. The van der Waals surface area contributed by atoms with Crippen LogP contribution in [0, 0.1) is 18.4 Å². The number of anilines is 1. The van der Waals surface area contributed by atoms with Gasteiger partial charge in [0.25, 0.3) is 0 Å². The first-order valence-electron chi connectivity index (χ1n) is 21.8. The molecule has 3 atom stereocenters. The molecule has 0 aliphatic heterocycles. The van der Waals surface area contributed by atoms with Gasteiger partial charge in [0, 0.05) is 17.8 Å². The summed E-state index contributed by atoms with van der Waals surface area (Å²) < 4.78 is 23.8. The normalized spacial score (nSPS) is 12.7. The third-order valence-electron chi connectivity index (χ3n) is 11.1. The quantitative estimate of drug-likeness (QED) is 0.0535. The SMILES string of the molecule is CC[Si](C#CC[C@@H](NC(=O)OC(C)(C)C)C(=O)N[C@@H](C(=O)N[C@@H](COCc1ccccc1)c1cc(OC)c(C)c(-c2ccc(Br)c(NC(C)=O)c2)c1)c1cc(Cl)c(OC)c(Cl)c1)(CC)CC. The van der Waals surface area contributed by atoms with Crippen molar-refractivity contribution < 1.29 is 38.1 Å². The third-order valence-corrected chi connectivity index (χ3v) is 17.1. The molecule has 16 heteroatoms. The van der Waals surface area contributed by atoms with Crippen molar-refractivity contribution in [2.24, 2.45) is 0 Å². The highest BCUT2D eigenvalue weighted by molar-refractivity contribution is 9.10. The van der Waals surface area contributed by atoms with E-state index in [2.05, 4.69) is 69.4 Å². The second kappa shape index (κ2) is 24.6. The number of nitrogens with one attached hydrogen (secondary N) is 4. The zero-order valence-electron chi connectivity index (χ0n) is 39.3. The first kappa shape index (κ1) is 53.6. The molecule has 0 fully saturated rings. The summed E-state index contributed by atoms with van der Waals surface area (Å²) >= 11 is 16.9. The molecule has 0 aliphatic carbocycles. The Bertz CT molecular complexity index is 2390. The summed E-state index contributed by atoms with van der Waals surface area (Å²) in [5, 5.41) is 11.8. The Hall–Kier alpha value is -5.04. The van der Waals surface area contributed by atoms with Gasteiger partial charge in [0.1, 0.15) is 31.5 Å². The van der Waals surface area contributed by atoms with Crippen LogP contribution in [0.4, 0.5) is 10.5 Å². The van der Waals surface area contributed by atoms with Crippen LogP contribution < -0.4 is 30.7 Å². The monoisotopic (exact) mass is 1020 g/mol. The predicted octanol–water partition coefficient (Wildman–Crippen LogP) is 11.3. The van der Waals surface area contributed by atoms with Crippen molar-refractivity contribution in [2.45, 2.75) is 110 Å². The topological polar surface area (TPSA) is 153 Å². The van der Waals surface area contributed by atoms with Crippen molar-refractivity contribution in [3.05, 3.63) is 110 Å². The maximum atomic E-state index is 15.0. The van der Waals surface area contributed by atoms with E-state index in [0.29, 0.717) is 21.5 Å². The number of ether oxygens (including phenoxy) is 4. The van der Waals surface area contributed by atoms with E-state index in [1.807, 2.05) is 67.6 Å². The predicted molar refractivity (Wildman–Crippen MR) is 269 cm³/mol. The van der Waals surface area contributed by atoms with E-state index >= 15 is 4.79 Å². The van der Waals surface area contributed by atoms with E-state index in [9.17, 15) is 14.4 Å². The Morgan fingerprint density at radius 2 is 1.47 bits per heavy atom. The molecule has 0 heterocycles. The van der Waals surface area contributed by atoms with Crippen molar-refractivity contribution in [3.8, 4) is 34.1 Å². The molecular formula is C50H61BrCl2N4O8Si. The first-order valence-corrected chi connectivity index (χ1v) is 25.9. The lowest BCUT2D eigenvalue weighted by Crippen LogP contribution is -2.51. The lowest BCUT2D eigenvalue weighted by Gasteiger charge is -2.27. The lowest BCUT2D eigenvalue weighted by molar-refractivity contribution is -0.130. The summed E-state index contributed by atoms with van der Waals surface area (Å²) in [4.78, 5) is 54.9. The highest BCUT2D eigenvalue weighted by atomic mass is 79.9. The van der Waals surface area contributed by atoms with Gasteiger partial charge in [-0.05, 0) is 132 Å². The molecule has 0 aliphatic rings. The minimum Gasteiger partial charge on any atom is -0.496 e. The van der Waals surface area contributed by atoms with Crippen LogP contribution in [0.25, 0.3) is 11.1 Å². The molecule has 0 bridgehead atoms. The number of methoxy groups -OCH3 is 2. The summed E-state index contributed by atoms with van der Waals surface area (Å²) in [5.74, 6) is 2.35. The third kappa shape index (κ3) is 15.0. The number of rotatable bonds is 19. The minimum atomic E-state index is -1.94. The van der Waals surface area contributed by atoms with Crippen LogP contribution in [0.15, 0.2) is 77.3 Å². The van der Waals surface area contributed by atoms with Gasteiger partial charge in [-0.15, -0.1) is 11.5 Å². The Morgan fingerprint density at radius 1 is 0.818 bits per heavy atom. The van der Waals surface area contributed by atoms with Gasteiger partial charge in [0.2, 0.25) is 17.7 Å². The fourth-order valence-corrected chi connectivity index (χ4v) is 10.8. The van der Waals surface area contributed by atoms with Crippen molar-refractivity contribution >= 4 is 76.7 Å². The molecule has 0 radical (unpaired) electrons. The van der Waals surface area contributed by atoms with Crippen LogP contribution in [0.3, 0.4) is 0 Å². The lowest BCUT2D eigenvalue weighted by atomic mass is 9.94. The summed E-state index contributed by atoms with van der Waals surface area (Å²) in [5.41, 5.74) is 7.32. The number of alkyl carbamates (subject to hydrolysis) is 1. The van der Waals surface area contributed by atoms with Gasteiger partial charge in [-0.25, -0.2) is 4.79 Å². The van der Waals surface area contributed by atoms with Crippen LogP contribution in [-0.4, -0.2) is 64.4 Å². The summed E-state index contributed by atoms with van der Waals surface area (Å²) in [6, 6.07) is 21.3. The molecule has 4 aromatic rings. The average molecular weight is 1020 g/mol. The van der Waals surface area contributed by atoms with Gasteiger partial charge in [0.05, 0.1) is 49.2 Å². The maximum Gasteiger partial charge on any atom is 0.408 e. The van der Waals surface area contributed by atoms with Gasteiger partial charge in [-0.1, -0.05) is 80.4 Å². The van der Waals surface area contributed by atoms with Gasteiger partial charge < -0.3 is 40.2 Å². The van der Waals surface area contributed by atoms with E-state index in [1.165, 1.54) is 26.2 Å². The Labute approximate surface area is 408 Å². The molecule has 0 saturated heterocycles. The number of benzene rings is 4. The fraction of sp³-hybridized carbons (Fsp3) is 0.400. The van der Waals surface area contributed by atoms with Crippen molar-refractivity contribution in [1.82, 2.24) is 16.0 Å². The van der Waals surface area contributed by atoms with Gasteiger partial charge in [-0.3, -0.25) is 14.4 Å². The Kier molecular flexibility index (Phi) is 20.0. The van der Waals surface area contributed by atoms with Gasteiger partial charge in [-0.2, -0.15) is 0 Å². The molecular weight excluding hydrogens is 963 g/mol. The van der Waals surface area contributed by atoms with E-state index in [4.69, 9.17) is 42.1 Å². The average Bonchev–Trinajstić information content (AvgIpc) is 3.26. The number of hydrogen-bond donors (Lipinski definition) is 4. The fourth-order valence-electron chi connectivity index (χ4n) is 7.24. The Morgan fingerprint density at radius 3 is 2.05 bits per heavy atom.